The van der Waals surface area contributed by atoms with E-state index in [9.17, 15) is 22.8 Å². The molecule has 0 unspecified atom stereocenters. The first-order valence-corrected chi connectivity index (χ1v) is 8.08. The molecule has 1 N–H and O–H groups in total. The van der Waals surface area contributed by atoms with Crippen LogP contribution in [-0.2, 0) is 9.53 Å². The summed E-state index contributed by atoms with van der Waals surface area (Å²) in [5.41, 5.74) is 0.645. The minimum absolute atomic E-state index is 0.185. The molecule has 5 nitrogen and oxygen atoms in total. The Balaban J connectivity index is 2.25. The maximum Gasteiger partial charge on any atom is 0.471 e. The fourth-order valence-corrected chi connectivity index (χ4v) is 2.61. The van der Waals surface area contributed by atoms with E-state index in [1.165, 1.54) is 6.08 Å². The molecule has 0 saturated carbocycles. The highest BCUT2D eigenvalue weighted by molar-refractivity contribution is 5.84. The highest BCUT2D eigenvalue weighted by Gasteiger charge is 2.44. The van der Waals surface area contributed by atoms with Gasteiger partial charge in [-0.2, -0.15) is 13.2 Å². The second-order valence-corrected chi connectivity index (χ2v) is 6.93. The highest BCUT2D eigenvalue weighted by Crippen LogP contribution is 2.26. The lowest BCUT2D eigenvalue weighted by molar-refractivity contribution is -0.185. The van der Waals surface area contributed by atoms with E-state index >= 15 is 0 Å². The van der Waals surface area contributed by atoms with Gasteiger partial charge in [0.1, 0.15) is 5.60 Å². The van der Waals surface area contributed by atoms with Crippen molar-refractivity contribution in [3.05, 3.63) is 42.0 Å². The molecule has 2 rings (SSSR count). The van der Waals surface area contributed by atoms with E-state index in [4.69, 9.17) is 4.74 Å². The number of carbonyl (C=O) groups excluding carboxylic acids is 2. The number of amides is 2. The number of alkyl carbamates (subject to hydrolysis) is 1. The van der Waals surface area contributed by atoms with Gasteiger partial charge in [-0.3, -0.25) is 4.79 Å². The van der Waals surface area contributed by atoms with Gasteiger partial charge in [0, 0.05) is 13.1 Å². The predicted molar refractivity (Wildman–Crippen MR) is 90.2 cm³/mol. The van der Waals surface area contributed by atoms with Crippen LogP contribution in [0.4, 0.5) is 18.0 Å². The maximum absolute atomic E-state index is 12.7. The Labute approximate surface area is 149 Å². The SMILES string of the molecule is CC(C)(C)OC(=O)N[C@H]1CN(C(=O)C(F)(F)F)CC=C1c1ccccc1. The van der Waals surface area contributed by atoms with Crippen molar-refractivity contribution in [2.45, 2.75) is 38.6 Å². The summed E-state index contributed by atoms with van der Waals surface area (Å²) in [4.78, 5) is 24.3. The number of nitrogens with one attached hydrogen (secondary N) is 1. The highest BCUT2D eigenvalue weighted by atomic mass is 19.4. The Hall–Kier alpha value is -2.51. The van der Waals surface area contributed by atoms with Crippen molar-refractivity contribution in [3.8, 4) is 0 Å². The van der Waals surface area contributed by atoms with Gasteiger partial charge in [0.2, 0.25) is 0 Å². The minimum Gasteiger partial charge on any atom is -0.444 e. The van der Waals surface area contributed by atoms with Crippen LogP contribution < -0.4 is 5.32 Å². The lowest BCUT2D eigenvalue weighted by atomic mass is 9.95. The second-order valence-electron chi connectivity index (χ2n) is 6.93. The Morgan fingerprint density at radius 3 is 2.31 bits per heavy atom. The second kappa shape index (κ2) is 7.39. The van der Waals surface area contributed by atoms with E-state index in [2.05, 4.69) is 5.32 Å². The molecule has 0 radical (unpaired) electrons. The van der Waals surface area contributed by atoms with E-state index < -0.39 is 29.8 Å². The zero-order valence-corrected chi connectivity index (χ0v) is 14.8. The van der Waals surface area contributed by atoms with Crippen LogP contribution in [0.25, 0.3) is 5.57 Å². The first-order chi connectivity index (χ1) is 12.0. The number of halogens is 3. The number of ether oxygens (including phenoxy) is 1. The third-order valence-corrected chi connectivity index (χ3v) is 3.64. The van der Waals surface area contributed by atoms with Gasteiger partial charge >= 0.3 is 18.2 Å². The van der Waals surface area contributed by atoms with Crippen LogP contribution in [0.5, 0.6) is 0 Å². The lowest BCUT2D eigenvalue weighted by Crippen LogP contribution is -2.52. The smallest absolute Gasteiger partial charge is 0.444 e. The quantitative estimate of drug-likeness (QED) is 0.868. The number of benzene rings is 1. The van der Waals surface area contributed by atoms with Gasteiger partial charge in [0.25, 0.3) is 0 Å². The molecule has 1 aliphatic rings. The van der Waals surface area contributed by atoms with Crippen molar-refractivity contribution < 1.29 is 27.5 Å². The van der Waals surface area contributed by atoms with Crippen LogP contribution >= 0.6 is 0 Å². The molecule has 1 atom stereocenters. The third kappa shape index (κ3) is 5.24. The molecule has 0 aliphatic carbocycles. The fourth-order valence-electron chi connectivity index (χ4n) is 2.61. The van der Waals surface area contributed by atoms with Crippen LogP contribution in [0.3, 0.4) is 0 Å². The number of carbonyl (C=O) groups is 2. The summed E-state index contributed by atoms with van der Waals surface area (Å²) in [6.07, 6.45) is -4.20. The number of rotatable bonds is 2. The van der Waals surface area contributed by atoms with Crippen molar-refractivity contribution in [1.29, 1.82) is 0 Å². The van der Waals surface area contributed by atoms with Crippen LogP contribution in [0.2, 0.25) is 0 Å². The molecule has 0 fully saturated rings. The Morgan fingerprint density at radius 2 is 1.77 bits per heavy atom. The van der Waals surface area contributed by atoms with Crippen molar-refractivity contribution in [3.63, 3.8) is 0 Å². The molecule has 1 aromatic carbocycles. The number of alkyl halides is 3. The van der Waals surface area contributed by atoms with Crippen LogP contribution in [-0.4, -0.2) is 47.8 Å². The van der Waals surface area contributed by atoms with Crippen molar-refractivity contribution >= 4 is 17.6 Å². The molecule has 26 heavy (non-hydrogen) atoms. The van der Waals surface area contributed by atoms with E-state index in [-0.39, 0.29) is 13.1 Å². The molecule has 142 valence electrons. The first-order valence-electron chi connectivity index (χ1n) is 8.08. The summed E-state index contributed by atoms with van der Waals surface area (Å²) < 4.78 is 43.4. The number of hydrogen-bond acceptors (Lipinski definition) is 3. The van der Waals surface area contributed by atoms with Gasteiger partial charge in [0.15, 0.2) is 0 Å². The Morgan fingerprint density at radius 1 is 1.15 bits per heavy atom. The van der Waals surface area contributed by atoms with Crippen molar-refractivity contribution in [2.24, 2.45) is 0 Å². The number of nitrogens with zero attached hydrogens (tertiary/aromatic N) is 1. The van der Waals surface area contributed by atoms with Gasteiger partial charge < -0.3 is 15.0 Å². The van der Waals surface area contributed by atoms with Gasteiger partial charge in [-0.15, -0.1) is 0 Å². The molecule has 8 heteroatoms. The van der Waals surface area contributed by atoms with Crippen LogP contribution in [0.1, 0.15) is 26.3 Å². The van der Waals surface area contributed by atoms with Crippen molar-refractivity contribution in [1.82, 2.24) is 10.2 Å². The van der Waals surface area contributed by atoms with Gasteiger partial charge in [0.05, 0.1) is 6.04 Å². The summed E-state index contributed by atoms with van der Waals surface area (Å²) in [7, 11) is 0. The zero-order chi connectivity index (χ0) is 19.5. The van der Waals surface area contributed by atoms with E-state index in [1.54, 1.807) is 45.0 Å². The summed E-state index contributed by atoms with van der Waals surface area (Å²) in [5, 5.41) is 2.57. The van der Waals surface area contributed by atoms with Crippen LogP contribution in [0, 0.1) is 0 Å². The van der Waals surface area contributed by atoms with E-state index in [1.807, 2.05) is 6.07 Å². The third-order valence-electron chi connectivity index (χ3n) is 3.64. The topological polar surface area (TPSA) is 58.6 Å². The largest absolute Gasteiger partial charge is 0.471 e. The monoisotopic (exact) mass is 370 g/mol. The molecule has 2 amide bonds. The summed E-state index contributed by atoms with van der Waals surface area (Å²) >= 11 is 0. The predicted octanol–water partition coefficient (Wildman–Crippen LogP) is 3.37. The molecule has 0 bridgehead atoms. The average molecular weight is 370 g/mol. The van der Waals surface area contributed by atoms with Gasteiger partial charge in [-0.25, -0.2) is 4.79 Å². The summed E-state index contributed by atoms with van der Waals surface area (Å²) in [6.45, 7) is 4.57. The number of hydrogen-bond donors (Lipinski definition) is 1. The maximum atomic E-state index is 12.7. The first kappa shape index (κ1) is 19.8. The summed E-state index contributed by atoms with van der Waals surface area (Å²) in [6, 6.07) is 8.14. The molecule has 0 saturated heterocycles. The lowest BCUT2D eigenvalue weighted by Gasteiger charge is -2.34. The van der Waals surface area contributed by atoms with Crippen LogP contribution in [0.15, 0.2) is 36.4 Å². The molecule has 0 aromatic heterocycles. The Kier molecular flexibility index (Phi) is 5.63. The molecule has 1 heterocycles. The van der Waals surface area contributed by atoms with E-state index in [0.717, 1.165) is 5.56 Å². The average Bonchev–Trinajstić information content (AvgIpc) is 2.52. The molecular weight excluding hydrogens is 349 g/mol. The van der Waals surface area contributed by atoms with Gasteiger partial charge in [-0.1, -0.05) is 36.4 Å². The van der Waals surface area contributed by atoms with Crippen molar-refractivity contribution in [2.75, 3.05) is 13.1 Å². The normalized spacial score (nSPS) is 18.2. The fraction of sp³-hybridized carbons (Fsp3) is 0.444. The van der Waals surface area contributed by atoms with E-state index in [0.29, 0.717) is 10.5 Å². The molecule has 0 spiro atoms. The molecular formula is C18H21F3N2O3. The molecule has 1 aliphatic heterocycles. The molecule has 1 aromatic rings. The summed E-state index contributed by atoms with van der Waals surface area (Å²) in [5.74, 6) is -1.93. The zero-order valence-electron chi connectivity index (χ0n) is 14.8. The van der Waals surface area contributed by atoms with Gasteiger partial charge in [-0.05, 0) is 31.9 Å². The minimum atomic E-state index is -4.96. The standard InChI is InChI=1S/C18H21F3N2O3/c1-17(2,3)26-16(25)22-14-11-23(15(24)18(19,20)21)10-9-13(14)12-7-5-4-6-8-12/h4-9,14H,10-11H2,1-3H3,(H,22,25)/t14-/m0/s1. The Bertz CT molecular complexity index is 694.